The summed E-state index contributed by atoms with van der Waals surface area (Å²) in [7, 11) is 0. The van der Waals surface area contributed by atoms with Crippen molar-refractivity contribution in [1.82, 2.24) is 19.9 Å². The van der Waals surface area contributed by atoms with Crippen molar-refractivity contribution in [3.63, 3.8) is 0 Å². The smallest absolute Gasteiger partial charge is 0.220 e. The third kappa shape index (κ3) is 5.69. The third-order valence-corrected chi connectivity index (χ3v) is 6.90. The number of piperidine rings is 1. The zero-order valence-corrected chi connectivity index (χ0v) is 20.4. The van der Waals surface area contributed by atoms with Crippen molar-refractivity contribution >= 4 is 23.6 Å². The molecular weight excluding hydrogens is 473 g/mol. The lowest BCUT2D eigenvalue weighted by molar-refractivity contribution is -0.122. The number of aromatic amines is 1. The third-order valence-electron chi connectivity index (χ3n) is 6.90. The van der Waals surface area contributed by atoms with Crippen LogP contribution in [0.4, 0.5) is 10.2 Å². The van der Waals surface area contributed by atoms with Crippen molar-refractivity contribution < 1.29 is 13.9 Å². The molecule has 2 fully saturated rings. The molecule has 0 radical (unpaired) electrons. The first-order chi connectivity index (χ1) is 18.0. The van der Waals surface area contributed by atoms with Crippen LogP contribution >= 0.6 is 0 Å². The zero-order valence-electron chi connectivity index (χ0n) is 20.4. The highest BCUT2D eigenvalue weighted by Crippen LogP contribution is 2.26. The quantitative estimate of drug-likeness (QED) is 0.350. The van der Waals surface area contributed by atoms with E-state index < -0.39 is 0 Å². The average Bonchev–Trinajstić information content (AvgIpc) is 3.41. The maximum Gasteiger partial charge on any atom is 0.220 e. The van der Waals surface area contributed by atoms with Gasteiger partial charge in [0.05, 0.1) is 36.8 Å². The number of ether oxygens (including phenoxy) is 1. The van der Waals surface area contributed by atoms with E-state index in [1.807, 2.05) is 29.2 Å². The number of nitrogens with zero attached hydrogens (tertiary/aromatic N) is 4. The highest BCUT2D eigenvalue weighted by atomic mass is 19.1. The fourth-order valence-corrected chi connectivity index (χ4v) is 4.83. The van der Waals surface area contributed by atoms with Crippen LogP contribution in [-0.4, -0.2) is 64.4 Å². The molecule has 5 rings (SSSR count). The fraction of sp³-hybridized carbons (Fsp3) is 0.333. The Kier molecular flexibility index (Phi) is 7.27. The van der Waals surface area contributed by atoms with Crippen LogP contribution in [-0.2, 0) is 9.53 Å². The minimum Gasteiger partial charge on any atom is -0.377 e. The summed E-state index contributed by atoms with van der Waals surface area (Å²) in [6, 6.07) is 12.0. The van der Waals surface area contributed by atoms with Gasteiger partial charge in [-0.05, 0) is 54.8 Å². The lowest BCUT2D eigenvalue weighted by Gasteiger charge is -2.36. The molecule has 192 valence electrons. The highest BCUT2D eigenvalue weighted by molar-refractivity contribution is 5.94. The van der Waals surface area contributed by atoms with E-state index in [1.54, 1.807) is 24.4 Å². The summed E-state index contributed by atoms with van der Waals surface area (Å²) in [5.74, 6) is 1.15. The molecule has 0 bridgehead atoms. The van der Waals surface area contributed by atoms with E-state index in [2.05, 4.69) is 14.9 Å². The number of primary amides is 1. The standard InChI is InChI=1S/C27H30FN7O2/c28-20-4-1-3-19(15-20)23-17-37-14-13-35(23)24(29)7-8-25-31-16-22(32-25)21-5-2-6-26(33-21)34-11-9-18(10-12-34)27(30)36/h1-8,15-16,18,23,29H,9-14,17H2,(H2,30,36)(H,31,32)/b8-7-,29-24?. The number of morpholine rings is 1. The monoisotopic (exact) mass is 503 g/mol. The van der Waals surface area contributed by atoms with Crippen LogP contribution < -0.4 is 10.6 Å². The van der Waals surface area contributed by atoms with Crippen molar-refractivity contribution in [3.8, 4) is 11.4 Å². The van der Waals surface area contributed by atoms with Crippen LogP contribution in [0.15, 0.2) is 54.7 Å². The maximum atomic E-state index is 13.8. The number of anilines is 1. The van der Waals surface area contributed by atoms with E-state index in [0.717, 1.165) is 48.7 Å². The van der Waals surface area contributed by atoms with Gasteiger partial charge in [0.25, 0.3) is 0 Å². The van der Waals surface area contributed by atoms with Gasteiger partial charge in [-0.3, -0.25) is 10.2 Å². The highest BCUT2D eigenvalue weighted by Gasteiger charge is 2.26. The number of benzene rings is 1. The number of aromatic nitrogens is 3. The number of nitrogens with one attached hydrogen (secondary N) is 2. The maximum absolute atomic E-state index is 13.8. The van der Waals surface area contributed by atoms with Gasteiger partial charge in [0.2, 0.25) is 5.91 Å². The number of hydrogen-bond donors (Lipinski definition) is 3. The average molecular weight is 504 g/mol. The molecule has 9 nitrogen and oxygen atoms in total. The van der Waals surface area contributed by atoms with Crippen LogP contribution in [0, 0.1) is 17.1 Å². The van der Waals surface area contributed by atoms with Crippen LogP contribution in [0.2, 0.25) is 0 Å². The topological polar surface area (TPSA) is 124 Å². The molecule has 1 amide bonds. The largest absolute Gasteiger partial charge is 0.377 e. The van der Waals surface area contributed by atoms with Crippen molar-refractivity contribution in [2.24, 2.45) is 11.7 Å². The predicted molar refractivity (Wildman–Crippen MR) is 139 cm³/mol. The van der Waals surface area contributed by atoms with Crippen LogP contribution in [0.1, 0.15) is 30.3 Å². The van der Waals surface area contributed by atoms with E-state index in [1.165, 1.54) is 12.1 Å². The number of nitrogens with two attached hydrogens (primary N) is 1. The molecule has 10 heteroatoms. The van der Waals surface area contributed by atoms with E-state index >= 15 is 0 Å². The molecule has 0 spiro atoms. The van der Waals surface area contributed by atoms with Crippen LogP contribution in [0.3, 0.4) is 0 Å². The van der Waals surface area contributed by atoms with E-state index in [4.69, 9.17) is 20.9 Å². The molecule has 4 heterocycles. The SMILES string of the molecule is N=C(/C=C\c1ncc(-c2cccc(N3CCC(C(N)=O)CC3)n2)[nH]1)N1CCOCC1c1cccc(F)c1. The molecule has 1 unspecified atom stereocenters. The summed E-state index contributed by atoms with van der Waals surface area (Å²) in [5, 5.41) is 8.62. The molecule has 0 aliphatic carbocycles. The first-order valence-corrected chi connectivity index (χ1v) is 12.4. The van der Waals surface area contributed by atoms with Crippen LogP contribution in [0.25, 0.3) is 17.5 Å². The first-order valence-electron chi connectivity index (χ1n) is 12.4. The Bertz CT molecular complexity index is 1300. The number of H-pyrrole nitrogens is 1. The Labute approximate surface area is 214 Å². The van der Waals surface area contributed by atoms with Gasteiger partial charge in [0, 0.05) is 25.6 Å². The zero-order chi connectivity index (χ0) is 25.8. The number of hydrogen-bond acceptors (Lipinski definition) is 6. The van der Waals surface area contributed by atoms with Gasteiger partial charge in [0.15, 0.2) is 0 Å². The van der Waals surface area contributed by atoms with E-state index in [0.29, 0.717) is 31.4 Å². The molecule has 2 saturated heterocycles. The van der Waals surface area contributed by atoms with Gasteiger partial charge >= 0.3 is 0 Å². The normalized spacial score (nSPS) is 18.9. The molecule has 37 heavy (non-hydrogen) atoms. The van der Waals surface area contributed by atoms with E-state index in [9.17, 15) is 9.18 Å². The molecule has 1 atom stereocenters. The summed E-state index contributed by atoms with van der Waals surface area (Å²) in [6.07, 6.45) is 6.62. The molecular formula is C27H30FN7O2. The number of imidazole rings is 1. The molecule has 1 aromatic carbocycles. The number of pyridine rings is 1. The van der Waals surface area contributed by atoms with Gasteiger partial charge in [-0.15, -0.1) is 0 Å². The predicted octanol–water partition coefficient (Wildman–Crippen LogP) is 3.38. The number of halogens is 1. The molecule has 3 aromatic rings. The Hall–Kier alpha value is -4.05. The number of carbonyl (C=O) groups is 1. The second kappa shape index (κ2) is 10.9. The minimum atomic E-state index is -0.305. The Morgan fingerprint density at radius 1 is 1.19 bits per heavy atom. The Balaban J connectivity index is 1.26. The van der Waals surface area contributed by atoms with Gasteiger partial charge in [-0.25, -0.2) is 14.4 Å². The minimum absolute atomic E-state index is 0.0679. The van der Waals surface area contributed by atoms with Gasteiger partial charge < -0.3 is 25.3 Å². The Morgan fingerprint density at radius 3 is 2.78 bits per heavy atom. The van der Waals surface area contributed by atoms with Gasteiger partial charge in [0.1, 0.15) is 23.3 Å². The van der Waals surface area contributed by atoms with Crippen molar-refractivity contribution in [2.75, 3.05) is 37.7 Å². The Morgan fingerprint density at radius 2 is 2.00 bits per heavy atom. The second-order valence-corrected chi connectivity index (χ2v) is 9.28. The first kappa shape index (κ1) is 24.6. The number of rotatable bonds is 6. The number of amides is 1. The lowest BCUT2D eigenvalue weighted by atomic mass is 9.96. The number of carbonyl (C=O) groups excluding carboxylic acids is 1. The molecule has 0 saturated carbocycles. The summed E-state index contributed by atoms with van der Waals surface area (Å²) in [4.78, 5) is 28.0. The number of amidine groups is 1. The molecule has 4 N–H and O–H groups in total. The van der Waals surface area contributed by atoms with Crippen molar-refractivity contribution in [1.29, 1.82) is 5.41 Å². The lowest BCUT2D eigenvalue weighted by Crippen LogP contribution is -2.42. The fourth-order valence-electron chi connectivity index (χ4n) is 4.83. The second-order valence-electron chi connectivity index (χ2n) is 9.28. The summed E-state index contributed by atoms with van der Waals surface area (Å²) in [6.45, 7) is 2.92. The summed E-state index contributed by atoms with van der Waals surface area (Å²) >= 11 is 0. The van der Waals surface area contributed by atoms with Crippen molar-refractivity contribution in [2.45, 2.75) is 18.9 Å². The molecule has 2 aliphatic heterocycles. The summed E-state index contributed by atoms with van der Waals surface area (Å²) < 4.78 is 19.4. The van der Waals surface area contributed by atoms with Crippen molar-refractivity contribution in [3.05, 3.63) is 71.9 Å². The van der Waals surface area contributed by atoms with Gasteiger partial charge in [-0.1, -0.05) is 18.2 Å². The summed E-state index contributed by atoms with van der Waals surface area (Å²) in [5.41, 5.74) is 7.76. The van der Waals surface area contributed by atoms with E-state index in [-0.39, 0.29) is 23.7 Å². The molecule has 2 aromatic heterocycles. The van der Waals surface area contributed by atoms with Gasteiger partial charge in [-0.2, -0.15) is 0 Å². The van der Waals surface area contributed by atoms with Crippen LogP contribution in [0.5, 0.6) is 0 Å². The molecule has 2 aliphatic rings.